The molecule has 0 atom stereocenters. The zero-order chi connectivity index (χ0) is 18.1. The van der Waals surface area contributed by atoms with Gasteiger partial charge in [0, 0.05) is 16.8 Å². The molecule has 2 rings (SSSR count). The lowest BCUT2D eigenvalue weighted by Gasteiger charge is -2.17. The minimum absolute atomic E-state index is 0.319. The summed E-state index contributed by atoms with van der Waals surface area (Å²) in [6.07, 6.45) is 1.76. The lowest BCUT2D eigenvalue weighted by atomic mass is 10.1. The maximum absolute atomic E-state index is 12.0. The summed E-state index contributed by atoms with van der Waals surface area (Å²) >= 11 is 0. The van der Waals surface area contributed by atoms with Crippen molar-refractivity contribution in [2.24, 2.45) is 0 Å². The summed E-state index contributed by atoms with van der Waals surface area (Å²) in [6.45, 7) is 7.45. The SMILES string of the molecule is CCCOC(=O)Oc1c(OCCC)cc(OCCC)c2ccccc12. The number of hydrogen-bond acceptors (Lipinski definition) is 5. The molecule has 0 bridgehead atoms. The van der Waals surface area contributed by atoms with Gasteiger partial charge in [0.2, 0.25) is 0 Å². The monoisotopic (exact) mass is 346 g/mol. The third-order valence-electron chi connectivity index (χ3n) is 3.46. The molecule has 136 valence electrons. The van der Waals surface area contributed by atoms with Gasteiger partial charge in [0.15, 0.2) is 11.5 Å². The van der Waals surface area contributed by atoms with E-state index in [2.05, 4.69) is 6.92 Å². The van der Waals surface area contributed by atoms with Crippen LogP contribution < -0.4 is 14.2 Å². The van der Waals surface area contributed by atoms with Crippen LogP contribution in [-0.4, -0.2) is 26.0 Å². The van der Waals surface area contributed by atoms with Crippen LogP contribution in [0.2, 0.25) is 0 Å². The van der Waals surface area contributed by atoms with Crippen LogP contribution in [0.1, 0.15) is 40.0 Å². The molecule has 0 saturated carbocycles. The summed E-state index contributed by atoms with van der Waals surface area (Å²) in [6, 6.07) is 9.42. The Labute approximate surface area is 148 Å². The molecule has 0 aliphatic rings. The fraction of sp³-hybridized carbons (Fsp3) is 0.450. The van der Waals surface area contributed by atoms with Crippen LogP contribution in [0.25, 0.3) is 10.8 Å². The average molecular weight is 346 g/mol. The molecular weight excluding hydrogens is 320 g/mol. The van der Waals surface area contributed by atoms with Gasteiger partial charge in [-0.05, 0) is 19.3 Å². The van der Waals surface area contributed by atoms with Gasteiger partial charge in [0.25, 0.3) is 0 Å². The number of hydrogen-bond donors (Lipinski definition) is 0. The normalized spacial score (nSPS) is 10.5. The van der Waals surface area contributed by atoms with E-state index in [9.17, 15) is 4.79 Å². The van der Waals surface area contributed by atoms with Gasteiger partial charge in [-0.2, -0.15) is 0 Å². The highest BCUT2D eigenvalue weighted by Gasteiger charge is 2.19. The third-order valence-corrected chi connectivity index (χ3v) is 3.46. The average Bonchev–Trinajstić information content (AvgIpc) is 2.64. The largest absolute Gasteiger partial charge is 0.513 e. The molecule has 0 radical (unpaired) electrons. The van der Waals surface area contributed by atoms with E-state index in [0.717, 1.165) is 35.8 Å². The number of fused-ring (bicyclic) bond motifs is 1. The second-order valence-electron chi connectivity index (χ2n) is 5.64. The van der Waals surface area contributed by atoms with Crippen LogP contribution in [0.3, 0.4) is 0 Å². The van der Waals surface area contributed by atoms with Gasteiger partial charge < -0.3 is 18.9 Å². The molecule has 2 aromatic rings. The van der Waals surface area contributed by atoms with Gasteiger partial charge >= 0.3 is 6.16 Å². The molecule has 0 aromatic heterocycles. The number of ether oxygens (including phenoxy) is 4. The van der Waals surface area contributed by atoms with E-state index in [1.54, 1.807) is 6.07 Å². The van der Waals surface area contributed by atoms with Crippen molar-refractivity contribution < 1.29 is 23.7 Å². The predicted octanol–water partition coefficient (Wildman–Crippen LogP) is 5.34. The van der Waals surface area contributed by atoms with E-state index in [1.165, 1.54) is 0 Å². The van der Waals surface area contributed by atoms with Crippen LogP contribution >= 0.6 is 0 Å². The number of carbonyl (C=O) groups excluding carboxylic acids is 1. The van der Waals surface area contributed by atoms with E-state index < -0.39 is 6.16 Å². The fourth-order valence-electron chi connectivity index (χ4n) is 2.35. The van der Waals surface area contributed by atoms with E-state index in [4.69, 9.17) is 18.9 Å². The third kappa shape index (κ3) is 5.02. The highest BCUT2D eigenvalue weighted by Crippen LogP contribution is 2.42. The van der Waals surface area contributed by atoms with Crippen molar-refractivity contribution >= 4 is 16.9 Å². The summed E-state index contributed by atoms with van der Waals surface area (Å²) in [4.78, 5) is 12.0. The van der Waals surface area contributed by atoms with Crippen LogP contribution in [0.5, 0.6) is 17.2 Å². The van der Waals surface area contributed by atoms with Crippen LogP contribution in [0.4, 0.5) is 4.79 Å². The van der Waals surface area contributed by atoms with Gasteiger partial charge in [-0.1, -0.05) is 45.0 Å². The molecule has 5 heteroatoms. The predicted molar refractivity (Wildman–Crippen MR) is 97.8 cm³/mol. The standard InChI is InChI=1S/C20H26O5/c1-4-11-22-17-14-18(23-12-5-2)19(25-20(21)24-13-6-3)16-10-8-7-9-15(16)17/h7-10,14H,4-6,11-13H2,1-3H3. The molecule has 2 aromatic carbocycles. The topological polar surface area (TPSA) is 54.0 Å². The highest BCUT2D eigenvalue weighted by molar-refractivity contribution is 5.96. The van der Waals surface area contributed by atoms with Gasteiger partial charge in [0.1, 0.15) is 5.75 Å². The summed E-state index contributed by atoms with van der Waals surface area (Å²) < 4.78 is 22.2. The molecule has 0 spiro atoms. The van der Waals surface area contributed by atoms with Crippen LogP contribution in [0.15, 0.2) is 30.3 Å². The van der Waals surface area contributed by atoms with Crippen molar-refractivity contribution in [3.8, 4) is 17.2 Å². The van der Waals surface area contributed by atoms with Crippen molar-refractivity contribution in [1.29, 1.82) is 0 Å². The Morgan fingerprint density at radius 2 is 1.44 bits per heavy atom. The Bertz CT molecular complexity index is 696. The second kappa shape index (κ2) is 9.77. The van der Waals surface area contributed by atoms with Crippen LogP contribution in [-0.2, 0) is 4.74 Å². The number of rotatable bonds is 9. The van der Waals surface area contributed by atoms with Crippen molar-refractivity contribution in [3.63, 3.8) is 0 Å². The maximum Gasteiger partial charge on any atom is 0.513 e. The first kappa shape index (κ1) is 18.9. The summed E-state index contributed by atoms with van der Waals surface area (Å²) in [7, 11) is 0. The van der Waals surface area contributed by atoms with E-state index in [1.807, 2.05) is 38.1 Å². The maximum atomic E-state index is 12.0. The molecular formula is C20H26O5. The van der Waals surface area contributed by atoms with Crippen molar-refractivity contribution in [2.75, 3.05) is 19.8 Å². The molecule has 0 fully saturated rings. The molecule has 0 aliphatic heterocycles. The quantitative estimate of drug-likeness (QED) is 0.453. The van der Waals surface area contributed by atoms with Gasteiger partial charge in [-0.15, -0.1) is 0 Å². The Kier molecular flexibility index (Phi) is 7.38. The molecule has 0 heterocycles. The molecule has 0 aliphatic carbocycles. The zero-order valence-electron chi connectivity index (χ0n) is 15.2. The Morgan fingerprint density at radius 3 is 2.08 bits per heavy atom. The molecule has 0 unspecified atom stereocenters. The van der Waals surface area contributed by atoms with E-state index in [-0.39, 0.29) is 0 Å². The first-order chi connectivity index (χ1) is 12.2. The number of carbonyl (C=O) groups is 1. The highest BCUT2D eigenvalue weighted by atomic mass is 16.7. The minimum atomic E-state index is -0.726. The summed E-state index contributed by atoms with van der Waals surface area (Å²) in [5.41, 5.74) is 0. The molecule has 0 amide bonds. The van der Waals surface area contributed by atoms with Crippen molar-refractivity contribution in [1.82, 2.24) is 0 Å². The first-order valence-corrected chi connectivity index (χ1v) is 8.87. The minimum Gasteiger partial charge on any atom is -0.493 e. The molecule has 0 N–H and O–H groups in total. The Hall–Kier alpha value is -2.43. The number of benzene rings is 2. The molecule has 0 saturated heterocycles. The lowest BCUT2D eigenvalue weighted by Crippen LogP contribution is -2.12. The molecule has 25 heavy (non-hydrogen) atoms. The molecule has 5 nitrogen and oxygen atoms in total. The Balaban J connectivity index is 2.46. The fourth-order valence-corrected chi connectivity index (χ4v) is 2.35. The van der Waals surface area contributed by atoms with E-state index in [0.29, 0.717) is 31.3 Å². The smallest absolute Gasteiger partial charge is 0.493 e. The summed E-state index contributed by atoms with van der Waals surface area (Å²) in [5.74, 6) is 1.58. The van der Waals surface area contributed by atoms with E-state index >= 15 is 0 Å². The first-order valence-electron chi connectivity index (χ1n) is 8.87. The van der Waals surface area contributed by atoms with Gasteiger partial charge in [-0.25, -0.2) is 4.79 Å². The Morgan fingerprint density at radius 1 is 0.840 bits per heavy atom. The second-order valence-corrected chi connectivity index (χ2v) is 5.64. The van der Waals surface area contributed by atoms with Crippen molar-refractivity contribution in [2.45, 2.75) is 40.0 Å². The van der Waals surface area contributed by atoms with Gasteiger partial charge in [0.05, 0.1) is 19.8 Å². The van der Waals surface area contributed by atoms with Crippen molar-refractivity contribution in [3.05, 3.63) is 30.3 Å². The summed E-state index contributed by atoms with van der Waals surface area (Å²) in [5, 5.41) is 1.63. The lowest BCUT2D eigenvalue weighted by molar-refractivity contribution is 0.0981. The van der Waals surface area contributed by atoms with Crippen LogP contribution in [0, 0.1) is 0 Å². The zero-order valence-corrected chi connectivity index (χ0v) is 15.2. The van der Waals surface area contributed by atoms with Gasteiger partial charge in [-0.3, -0.25) is 0 Å².